The number of benzene rings is 1. The van der Waals surface area contributed by atoms with Crippen molar-refractivity contribution in [3.63, 3.8) is 0 Å². The molecule has 0 aliphatic rings. The minimum Gasteiger partial charge on any atom is -0.396 e. The van der Waals surface area contributed by atoms with E-state index >= 15 is 0 Å². The van der Waals surface area contributed by atoms with Crippen LogP contribution in [0.3, 0.4) is 0 Å². The predicted octanol–water partition coefficient (Wildman–Crippen LogP) is 1.30. The van der Waals surface area contributed by atoms with Gasteiger partial charge in [0.1, 0.15) is 0 Å². The normalized spacial score (nSPS) is 12.4. The van der Waals surface area contributed by atoms with Gasteiger partial charge >= 0.3 is 0 Å². The van der Waals surface area contributed by atoms with Gasteiger partial charge in [0, 0.05) is 19.7 Å². The lowest BCUT2D eigenvalue weighted by Crippen LogP contribution is -2.30. The SMILES string of the molecule is CCN(CCCO)CC(O)c1ccc(C#N)cc1. The quantitative estimate of drug-likeness (QED) is 0.763. The molecular formula is C14H20N2O2. The average molecular weight is 248 g/mol. The van der Waals surface area contributed by atoms with Gasteiger partial charge in [0.25, 0.3) is 0 Å². The van der Waals surface area contributed by atoms with Crippen LogP contribution < -0.4 is 0 Å². The minimum atomic E-state index is -0.559. The van der Waals surface area contributed by atoms with Gasteiger partial charge in [-0.15, -0.1) is 0 Å². The molecule has 0 fully saturated rings. The molecular weight excluding hydrogens is 228 g/mol. The molecule has 1 atom stereocenters. The maximum atomic E-state index is 10.1. The van der Waals surface area contributed by atoms with Crippen molar-refractivity contribution in [3.05, 3.63) is 35.4 Å². The third-order valence-corrected chi connectivity index (χ3v) is 2.94. The first kappa shape index (κ1) is 14.7. The summed E-state index contributed by atoms with van der Waals surface area (Å²) in [6.45, 7) is 4.36. The summed E-state index contributed by atoms with van der Waals surface area (Å²) in [5, 5.41) is 27.6. The Hall–Kier alpha value is -1.41. The summed E-state index contributed by atoms with van der Waals surface area (Å²) in [5.41, 5.74) is 1.41. The van der Waals surface area contributed by atoms with Crippen LogP contribution in [0.1, 0.15) is 30.6 Å². The monoisotopic (exact) mass is 248 g/mol. The largest absolute Gasteiger partial charge is 0.396 e. The fraction of sp³-hybridized carbons (Fsp3) is 0.500. The molecule has 0 saturated carbocycles. The van der Waals surface area contributed by atoms with E-state index in [-0.39, 0.29) is 6.61 Å². The third-order valence-electron chi connectivity index (χ3n) is 2.94. The number of aliphatic hydroxyl groups is 2. The lowest BCUT2D eigenvalue weighted by atomic mass is 10.1. The van der Waals surface area contributed by atoms with Crippen molar-refractivity contribution in [1.29, 1.82) is 5.26 Å². The second-order valence-electron chi connectivity index (χ2n) is 4.22. The second kappa shape index (κ2) is 7.83. The van der Waals surface area contributed by atoms with E-state index in [1.165, 1.54) is 0 Å². The molecule has 1 rings (SSSR count). The summed E-state index contributed by atoms with van der Waals surface area (Å²) < 4.78 is 0. The molecule has 4 nitrogen and oxygen atoms in total. The summed E-state index contributed by atoms with van der Waals surface area (Å²) in [6, 6.07) is 9.04. The van der Waals surface area contributed by atoms with Gasteiger partial charge in [0.2, 0.25) is 0 Å². The molecule has 0 saturated heterocycles. The molecule has 0 spiro atoms. The molecule has 18 heavy (non-hydrogen) atoms. The summed E-state index contributed by atoms with van der Waals surface area (Å²) in [6.07, 6.45) is 0.157. The highest BCUT2D eigenvalue weighted by Gasteiger charge is 2.12. The number of rotatable bonds is 7. The summed E-state index contributed by atoms with van der Waals surface area (Å²) in [4.78, 5) is 2.10. The van der Waals surface area contributed by atoms with Gasteiger partial charge in [0.15, 0.2) is 0 Å². The van der Waals surface area contributed by atoms with Crippen LogP contribution in [0, 0.1) is 11.3 Å². The highest BCUT2D eigenvalue weighted by molar-refractivity contribution is 5.32. The van der Waals surface area contributed by atoms with Gasteiger partial charge in [-0.05, 0) is 30.7 Å². The van der Waals surface area contributed by atoms with Crippen LogP contribution in [0.15, 0.2) is 24.3 Å². The first-order valence-corrected chi connectivity index (χ1v) is 6.22. The van der Waals surface area contributed by atoms with Crippen LogP contribution in [0.5, 0.6) is 0 Å². The summed E-state index contributed by atoms with van der Waals surface area (Å²) in [7, 11) is 0. The van der Waals surface area contributed by atoms with Crippen LogP contribution >= 0.6 is 0 Å². The number of hydrogen-bond acceptors (Lipinski definition) is 4. The molecule has 0 amide bonds. The van der Waals surface area contributed by atoms with Crippen LogP contribution in [0.2, 0.25) is 0 Å². The first-order chi connectivity index (χ1) is 8.71. The zero-order valence-corrected chi connectivity index (χ0v) is 10.7. The number of aliphatic hydroxyl groups excluding tert-OH is 2. The highest BCUT2D eigenvalue weighted by atomic mass is 16.3. The van der Waals surface area contributed by atoms with Crippen LogP contribution in [-0.2, 0) is 0 Å². The number of likely N-dealkylation sites (N-methyl/N-ethyl adjacent to an activating group) is 1. The Morgan fingerprint density at radius 2 is 2.00 bits per heavy atom. The van der Waals surface area contributed by atoms with E-state index in [0.29, 0.717) is 18.5 Å². The van der Waals surface area contributed by atoms with Crippen molar-refractivity contribution < 1.29 is 10.2 Å². The Morgan fingerprint density at radius 1 is 1.33 bits per heavy atom. The number of nitriles is 1. The minimum absolute atomic E-state index is 0.170. The van der Waals surface area contributed by atoms with E-state index in [2.05, 4.69) is 11.0 Å². The zero-order chi connectivity index (χ0) is 13.4. The maximum Gasteiger partial charge on any atom is 0.0991 e. The molecule has 0 bridgehead atoms. The molecule has 1 aromatic rings. The third kappa shape index (κ3) is 4.46. The van der Waals surface area contributed by atoms with Crippen molar-refractivity contribution in [1.82, 2.24) is 4.90 Å². The van der Waals surface area contributed by atoms with Gasteiger partial charge in [0.05, 0.1) is 17.7 Å². The van der Waals surface area contributed by atoms with Crippen LogP contribution in [-0.4, -0.2) is 41.4 Å². The number of hydrogen-bond donors (Lipinski definition) is 2. The van der Waals surface area contributed by atoms with E-state index in [1.54, 1.807) is 24.3 Å². The van der Waals surface area contributed by atoms with Crippen molar-refractivity contribution in [3.8, 4) is 6.07 Å². The first-order valence-electron chi connectivity index (χ1n) is 6.22. The lowest BCUT2D eigenvalue weighted by Gasteiger charge is -2.23. The highest BCUT2D eigenvalue weighted by Crippen LogP contribution is 2.15. The average Bonchev–Trinajstić information content (AvgIpc) is 2.43. The smallest absolute Gasteiger partial charge is 0.0991 e. The molecule has 1 unspecified atom stereocenters. The van der Waals surface area contributed by atoms with E-state index in [9.17, 15) is 5.11 Å². The van der Waals surface area contributed by atoms with E-state index < -0.39 is 6.10 Å². The Morgan fingerprint density at radius 3 is 2.50 bits per heavy atom. The van der Waals surface area contributed by atoms with Crippen molar-refractivity contribution in [2.75, 3.05) is 26.2 Å². The lowest BCUT2D eigenvalue weighted by molar-refractivity contribution is 0.111. The molecule has 0 aliphatic carbocycles. The number of nitrogens with zero attached hydrogens (tertiary/aromatic N) is 2. The predicted molar refractivity (Wildman–Crippen MR) is 69.9 cm³/mol. The van der Waals surface area contributed by atoms with E-state index in [4.69, 9.17) is 10.4 Å². The summed E-state index contributed by atoms with van der Waals surface area (Å²) >= 11 is 0. The van der Waals surface area contributed by atoms with Crippen LogP contribution in [0.4, 0.5) is 0 Å². The molecule has 0 radical (unpaired) electrons. The molecule has 2 N–H and O–H groups in total. The van der Waals surface area contributed by atoms with E-state index in [1.807, 2.05) is 6.92 Å². The zero-order valence-electron chi connectivity index (χ0n) is 10.7. The van der Waals surface area contributed by atoms with Gasteiger partial charge in [-0.25, -0.2) is 0 Å². The van der Waals surface area contributed by atoms with Gasteiger partial charge in [-0.1, -0.05) is 19.1 Å². The molecule has 0 aliphatic heterocycles. The van der Waals surface area contributed by atoms with Gasteiger partial charge in [-0.3, -0.25) is 0 Å². The van der Waals surface area contributed by atoms with Gasteiger partial charge in [-0.2, -0.15) is 5.26 Å². The Labute approximate surface area is 108 Å². The molecule has 0 heterocycles. The molecule has 0 aromatic heterocycles. The fourth-order valence-corrected chi connectivity index (χ4v) is 1.80. The standard InChI is InChI=1S/C14H20N2O2/c1-2-16(8-3-9-17)11-14(18)13-6-4-12(10-15)5-7-13/h4-7,14,17-18H,2-3,8-9,11H2,1H3. The molecule has 1 aromatic carbocycles. The van der Waals surface area contributed by atoms with E-state index in [0.717, 1.165) is 18.7 Å². The van der Waals surface area contributed by atoms with Crippen LogP contribution in [0.25, 0.3) is 0 Å². The maximum absolute atomic E-state index is 10.1. The topological polar surface area (TPSA) is 67.5 Å². The van der Waals surface area contributed by atoms with Gasteiger partial charge < -0.3 is 15.1 Å². The second-order valence-corrected chi connectivity index (χ2v) is 4.22. The Bertz CT molecular complexity index is 384. The Kier molecular flexibility index (Phi) is 6.37. The molecule has 4 heteroatoms. The van der Waals surface area contributed by atoms with Crippen molar-refractivity contribution in [2.45, 2.75) is 19.4 Å². The van der Waals surface area contributed by atoms with Crippen molar-refractivity contribution >= 4 is 0 Å². The summed E-state index contributed by atoms with van der Waals surface area (Å²) in [5.74, 6) is 0. The molecule has 98 valence electrons. The van der Waals surface area contributed by atoms with Crippen molar-refractivity contribution in [2.24, 2.45) is 0 Å². The Balaban J connectivity index is 2.57. The fourth-order valence-electron chi connectivity index (χ4n) is 1.80.